The molecule has 0 amide bonds. The van der Waals surface area contributed by atoms with Crippen LogP contribution in [0, 0.1) is 6.92 Å². The zero-order valence-corrected chi connectivity index (χ0v) is 18.5. The van der Waals surface area contributed by atoms with E-state index in [0.29, 0.717) is 16.7 Å². The fourth-order valence-corrected chi connectivity index (χ4v) is 4.97. The van der Waals surface area contributed by atoms with E-state index in [0.717, 1.165) is 15.9 Å². The van der Waals surface area contributed by atoms with Crippen LogP contribution in [0.15, 0.2) is 47.1 Å². The second-order valence-corrected chi connectivity index (χ2v) is 11.2. The molecule has 2 aromatic carbocycles. The average Bonchev–Trinajstić information content (AvgIpc) is 3.15. The molecule has 0 aliphatic carbocycles. The first kappa shape index (κ1) is 20.5. The quantitative estimate of drug-likeness (QED) is 0.477. The van der Waals surface area contributed by atoms with Crippen LogP contribution in [0.5, 0.6) is 5.75 Å². The average molecular weight is 442 g/mol. The summed E-state index contributed by atoms with van der Waals surface area (Å²) in [4.78, 5) is 13.1. The molecule has 1 N–H and O–H groups in total. The number of sulfone groups is 1. The highest BCUT2D eigenvalue weighted by Gasteiger charge is 2.34. The fourth-order valence-electron chi connectivity index (χ4n) is 3.00. The van der Waals surface area contributed by atoms with Crippen molar-refractivity contribution in [3.05, 3.63) is 49.1 Å². The van der Waals surface area contributed by atoms with Crippen LogP contribution in [0.3, 0.4) is 0 Å². The molecule has 4 aromatic rings. The van der Waals surface area contributed by atoms with Crippen LogP contribution in [0.1, 0.15) is 20.8 Å². The SMILES string of the molecule is [CH2]COc1cc2ncnc(Nc3ccc4scnc4c3)c2cc1S(=O)(=O)C(C)(C)C. The van der Waals surface area contributed by atoms with E-state index < -0.39 is 14.6 Å². The molecule has 2 heterocycles. The number of nitrogens with zero attached hydrogens (tertiary/aromatic N) is 3. The molecule has 0 aliphatic rings. The third-order valence-corrected chi connectivity index (χ3v) is 7.97. The van der Waals surface area contributed by atoms with Gasteiger partial charge in [0.25, 0.3) is 0 Å². The van der Waals surface area contributed by atoms with Gasteiger partial charge in [-0.1, -0.05) is 0 Å². The predicted molar refractivity (Wildman–Crippen MR) is 120 cm³/mol. The van der Waals surface area contributed by atoms with Gasteiger partial charge in [-0.15, -0.1) is 11.3 Å². The topological polar surface area (TPSA) is 94.1 Å². The Hall–Kier alpha value is -2.78. The van der Waals surface area contributed by atoms with Crippen molar-refractivity contribution in [1.29, 1.82) is 0 Å². The van der Waals surface area contributed by atoms with Gasteiger partial charge in [-0.25, -0.2) is 23.4 Å². The van der Waals surface area contributed by atoms with Crippen molar-refractivity contribution >= 4 is 53.8 Å². The monoisotopic (exact) mass is 441 g/mol. The van der Waals surface area contributed by atoms with Gasteiger partial charge in [0.15, 0.2) is 9.84 Å². The summed E-state index contributed by atoms with van der Waals surface area (Å²) in [6.07, 6.45) is 1.43. The number of thiazole rings is 1. The van der Waals surface area contributed by atoms with Gasteiger partial charge >= 0.3 is 0 Å². The highest BCUT2D eigenvalue weighted by molar-refractivity contribution is 7.92. The van der Waals surface area contributed by atoms with E-state index >= 15 is 0 Å². The number of fused-ring (bicyclic) bond motifs is 2. The van der Waals surface area contributed by atoms with Crippen LogP contribution in [-0.4, -0.2) is 34.7 Å². The molecule has 0 saturated heterocycles. The van der Waals surface area contributed by atoms with Crippen molar-refractivity contribution < 1.29 is 13.2 Å². The maximum absolute atomic E-state index is 13.2. The molecule has 0 atom stereocenters. The summed E-state index contributed by atoms with van der Waals surface area (Å²) in [7, 11) is -3.68. The highest BCUT2D eigenvalue weighted by atomic mass is 32.2. The molecular weight excluding hydrogens is 420 g/mol. The van der Waals surface area contributed by atoms with Gasteiger partial charge in [-0.05, 0) is 52.0 Å². The van der Waals surface area contributed by atoms with E-state index in [1.807, 2.05) is 18.2 Å². The summed E-state index contributed by atoms with van der Waals surface area (Å²) >= 11 is 1.57. The van der Waals surface area contributed by atoms with E-state index in [2.05, 4.69) is 27.2 Å². The maximum Gasteiger partial charge on any atom is 0.186 e. The zero-order valence-electron chi connectivity index (χ0n) is 16.8. The summed E-state index contributed by atoms with van der Waals surface area (Å²) in [6, 6.07) is 9.03. The lowest BCUT2D eigenvalue weighted by molar-refractivity contribution is 0.351. The van der Waals surface area contributed by atoms with Gasteiger partial charge in [0.2, 0.25) is 0 Å². The van der Waals surface area contributed by atoms with E-state index in [9.17, 15) is 8.42 Å². The smallest absolute Gasteiger partial charge is 0.186 e. The summed E-state index contributed by atoms with van der Waals surface area (Å²) in [5, 5.41) is 3.84. The Labute approximate surface area is 179 Å². The van der Waals surface area contributed by atoms with E-state index in [1.54, 1.807) is 49.8 Å². The van der Waals surface area contributed by atoms with Crippen molar-refractivity contribution in [2.45, 2.75) is 30.4 Å². The lowest BCUT2D eigenvalue weighted by Gasteiger charge is -2.22. The normalized spacial score (nSPS) is 12.4. The number of ether oxygens (including phenoxy) is 1. The summed E-state index contributed by atoms with van der Waals surface area (Å²) in [5.41, 5.74) is 4.04. The van der Waals surface area contributed by atoms with Crippen LogP contribution >= 0.6 is 11.3 Å². The molecular formula is C21H21N4O3S2. The molecule has 155 valence electrons. The molecule has 0 aliphatic heterocycles. The maximum atomic E-state index is 13.2. The summed E-state index contributed by atoms with van der Waals surface area (Å²) < 4.78 is 32.1. The molecule has 0 saturated carbocycles. The van der Waals surface area contributed by atoms with Crippen molar-refractivity contribution in [3.8, 4) is 5.75 Å². The predicted octanol–water partition coefficient (Wildman–Crippen LogP) is 4.77. The molecule has 1 radical (unpaired) electrons. The number of benzene rings is 2. The number of hydrogen-bond acceptors (Lipinski definition) is 8. The third kappa shape index (κ3) is 3.59. The van der Waals surface area contributed by atoms with Gasteiger partial charge < -0.3 is 10.1 Å². The van der Waals surface area contributed by atoms with Gasteiger partial charge in [0, 0.05) is 17.1 Å². The Bertz CT molecular complexity index is 1340. The van der Waals surface area contributed by atoms with Crippen LogP contribution < -0.4 is 10.1 Å². The molecule has 30 heavy (non-hydrogen) atoms. The van der Waals surface area contributed by atoms with Crippen LogP contribution in [0.4, 0.5) is 11.5 Å². The molecule has 0 fully saturated rings. The largest absolute Gasteiger partial charge is 0.492 e. The van der Waals surface area contributed by atoms with E-state index in [4.69, 9.17) is 4.74 Å². The number of rotatable bonds is 5. The second-order valence-electron chi connectivity index (χ2n) is 7.66. The van der Waals surface area contributed by atoms with Gasteiger partial charge in [0.1, 0.15) is 22.8 Å². The minimum Gasteiger partial charge on any atom is -0.492 e. The Morgan fingerprint density at radius 1 is 1.10 bits per heavy atom. The first-order valence-electron chi connectivity index (χ1n) is 9.26. The molecule has 0 spiro atoms. The molecule has 9 heteroatoms. The Balaban J connectivity index is 1.88. The molecule has 2 aromatic heterocycles. The van der Waals surface area contributed by atoms with Gasteiger partial charge in [-0.2, -0.15) is 0 Å². The fraction of sp³-hybridized carbons (Fsp3) is 0.238. The molecule has 7 nitrogen and oxygen atoms in total. The Kier molecular flexibility index (Phi) is 5.11. The van der Waals surface area contributed by atoms with Crippen molar-refractivity contribution in [3.63, 3.8) is 0 Å². The highest BCUT2D eigenvalue weighted by Crippen LogP contribution is 2.37. The van der Waals surface area contributed by atoms with E-state index in [1.165, 1.54) is 6.33 Å². The summed E-state index contributed by atoms with van der Waals surface area (Å²) in [5.74, 6) is 0.738. The van der Waals surface area contributed by atoms with Crippen LogP contribution in [-0.2, 0) is 9.84 Å². The van der Waals surface area contributed by atoms with Crippen molar-refractivity contribution in [2.24, 2.45) is 0 Å². The lowest BCUT2D eigenvalue weighted by atomic mass is 10.2. The first-order chi connectivity index (χ1) is 14.2. The number of anilines is 2. The summed E-state index contributed by atoms with van der Waals surface area (Å²) in [6.45, 7) is 8.74. The number of nitrogens with one attached hydrogen (secondary N) is 1. The minimum atomic E-state index is -3.68. The van der Waals surface area contributed by atoms with Gasteiger partial charge in [-0.3, -0.25) is 0 Å². The Morgan fingerprint density at radius 3 is 2.63 bits per heavy atom. The standard InChI is InChI=1S/C21H21N4O3S2/c1-5-28-17-10-15-14(9-19(17)30(26,27)21(2,3)4)20(23-11-22-15)25-13-6-7-18-16(8-13)24-12-29-18/h6-12H,1,5H2,2-4H3,(H,22,23,25). The molecule has 0 bridgehead atoms. The number of aromatic nitrogens is 3. The zero-order chi connectivity index (χ0) is 21.5. The number of hydrogen-bond donors (Lipinski definition) is 1. The lowest BCUT2D eigenvalue weighted by Crippen LogP contribution is -2.28. The first-order valence-corrected chi connectivity index (χ1v) is 11.6. The van der Waals surface area contributed by atoms with Crippen molar-refractivity contribution in [1.82, 2.24) is 15.0 Å². The second kappa shape index (κ2) is 7.48. The van der Waals surface area contributed by atoms with Crippen molar-refractivity contribution in [2.75, 3.05) is 11.9 Å². The van der Waals surface area contributed by atoms with Crippen LogP contribution in [0.2, 0.25) is 0 Å². The molecule has 4 rings (SSSR count). The third-order valence-electron chi connectivity index (χ3n) is 4.65. The van der Waals surface area contributed by atoms with Gasteiger partial charge in [0.05, 0.1) is 32.6 Å². The Morgan fingerprint density at radius 2 is 1.90 bits per heavy atom. The molecule has 0 unspecified atom stereocenters. The van der Waals surface area contributed by atoms with E-state index in [-0.39, 0.29) is 17.3 Å². The minimum absolute atomic E-state index is 0.0963. The van der Waals surface area contributed by atoms with Crippen LogP contribution in [0.25, 0.3) is 21.1 Å².